The first-order valence-corrected chi connectivity index (χ1v) is 4.73. The molecule has 0 aliphatic carbocycles. The van der Waals surface area contributed by atoms with Crippen LogP contribution in [0, 0.1) is 6.92 Å². The van der Waals surface area contributed by atoms with Crippen molar-refractivity contribution in [2.24, 2.45) is 0 Å². The number of benzene rings is 1. The summed E-state index contributed by atoms with van der Waals surface area (Å²) in [6.07, 6.45) is 1.25. The van der Waals surface area contributed by atoms with Gasteiger partial charge in [-0.1, -0.05) is 12.1 Å². The normalized spacial score (nSPS) is 10.3. The zero-order valence-electron chi connectivity index (χ0n) is 8.71. The van der Waals surface area contributed by atoms with Crippen LogP contribution in [-0.2, 0) is 0 Å². The molecule has 0 amide bonds. The lowest BCUT2D eigenvalue weighted by Crippen LogP contribution is -2.05. The van der Waals surface area contributed by atoms with E-state index in [0.29, 0.717) is 0 Å². The van der Waals surface area contributed by atoms with Gasteiger partial charge in [0.25, 0.3) is 0 Å². The minimum Gasteiger partial charge on any atom is -0.477 e. The molecule has 3 N–H and O–H groups in total. The Morgan fingerprint density at radius 1 is 1.50 bits per heavy atom. The second-order valence-corrected chi connectivity index (χ2v) is 3.50. The molecule has 5 nitrogen and oxygen atoms in total. The van der Waals surface area contributed by atoms with Crippen LogP contribution in [0.1, 0.15) is 15.9 Å². The van der Waals surface area contributed by atoms with E-state index in [9.17, 15) is 4.79 Å². The van der Waals surface area contributed by atoms with E-state index in [1.165, 1.54) is 10.9 Å². The van der Waals surface area contributed by atoms with Crippen molar-refractivity contribution in [3.8, 4) is 5.69 Å². The van der Waals surface area contributed by atoms with Crippen LogP contribution >= 0.6 is 0 Å². The highest BCUT2D eigenvalue weighted by Crippen LogP contribution is 2.17. The molecular formula is C11H11N3O2. The fraction of sp³-hybridized carbons (Fsp3) is 0.0909. The van der Waals surface area contributed by atoms with Crippen molar-refractivity contribution in [2.75, 3.05) is 5.73 Å². The fourth-order valence-corrected chi connectivity index (χ4v) is 1.49. The summed E-state index contributed by atoms with van der Waals surface area (Å²) in [6.45, 7) is 1.95. The maximum atomic E-state index is 10.8. The average molecular weight is 217 g/mol. The highest BCUT2D eigenvalue weighted by atomic mass is 16.4. The Labute approximate surface area is 92.1 Å². The van der Waals surface area contributed by atoms with Gasteiger partial charge in [0.2, 0.25) is 0 Å². The Morgan fingerprint density at radius 3 is 2.81 bits per heavy atom. The van der Waals surface area contributed by atoms with E-state index in [1.54, 1.807) is 0 Å². The molecule has 0 aliphatic heterocycles. The molecule has 0 unspecified atom stereocenters. The summed E-state index contributed by atoms with van der Waals surface area (Å²) in [5, 5.41) is 12.8. The molecule has 0 saturated carbocycles. The van der Waals surface area contributed by atoms with Crippen LogP contribution in [-0.4, -0.2) is 20.9 Å². The van der Waals surface area contributed by atoms with Crippen LogP contribution in [0.5, 0.6) is 0 Å². The number of carboxylic acids is 1. The molecule has 0 spiro atoms. The standard InChI is InChI=1S/C11H11N3O2/c1-7-3-2-4-8(5-7)14-10(12)9(6-13-14)11(15)16/h2-6H,12H2,1H3,(H,15,16). The number of aromatic nitrogens is 2. The van der Waals surface area contributed by atoms with Gasteiger partial charge in [-0.05, 0) is 24.6 Å². The maximum Gasteiger partial charge on any atom is 0.341 e. The summed E-state index contributed by atoms with van der Waals surface area (Å²) >= 11 is 0. The zero-order chi connectivity index (χ0) is 11.7. The van der Waals surface area contributed by atoms with Gasteiger partial charge in [-0.2, -0.15) is 5.10 Å². The Kier molecular flexibility index (Phi) is 2.36. The van der Waals surface area contributed by atoms with E-state index in [4.69, 9.17) is 10.8 Å². The minimum atomic E-state index is -1.07. The number of anilines is 1. The van der Waals surface area contributed by atoms with Crippen molar-refractivity contribution in [3.63, 3.8) is 0 Å². The van der Waals surface area contributed by atoms with Gasteiger partial charge in [-0.15, -0.1) is 0 Å². The third-order valence-corrected chi connectivity index (χ3v) is 2.28. The number of nitrogens with zero attached hydrogens (tertiary/aromatic N) is 2. The molecule has 5 heteroatoms. The Morgan fingerprint density at radius 2 is 2.25 bits per heavy atom. The number of aromatic carboxylic acids is 1. The van der Waals surface area contributed by atoms with E-state index >= 15 is 0 Å². The lowest BCUT2D eigenvalue weighted by molar-refractivity contribution is 0.0698. The van der Waals surface area contributed by atoms with Gasteiger partial charge in [0.05, 0.1) is 11.9 Å². The van der Waals surface area contributed by atoms with Gasteiger partial charge in [0, 0.05) is 0 Å². The topological polar surface area (TPSA) is 81.1 Å². The molecule has 0 saturated heterocycles. The molecular weight excluding hydrogens is 206 g/mol. The van der Waals surface area contributed by atoms with Crippen molar-refractivity contribution in [1.82, 2.24) is 9.78 Å². The van der Waals surface area contributed by atoms with Crippen LogP contribution in [0.4, 0.5) is 5.82 Å². The van der Waals surface area contributed by atoms with Gasteiger partial charge in [-0.3, -0.25) is 0 Å². The minimum absolute atomic E-state index is 0.0153. The molecule has 1 aromatic carbocycles. The molecule has 2 rings (SSSR count). The van der Waals surface area contributed by atoms with E-state index in [2.05, 4.69) is 5.10 Å². The van der Waals surface area contributed by atoms with Crippen molar-refractivity contribution >= 4 is 11.8 Å². The lowest BCUT2D eigenvalue weighted by atomic mass is 10.2. The van der Waals surface area contributed by atoms with E-state index in [1.807, 2.05) is 31.2 Å². The van der Waals surface area contributed by atoms with Gasteiger partial charge >= 0.3 is 5.97 Å². The molecule has 2 aromatic rings. The number of carboxylic acid groups (broad SMARTS) is 1. The summed E-state index contributed by atoms with van der Waals surface area (Å²) < 4.78 is 1.41. The molecule has 1 aromatic heterocycles. The summed E-state index contributed by atoms with van der Waals surface area (Å²) in [5.41, 5.74) is 7.54. The van der Waals surface area contributed by atoms with E-state index < -0.39 is 5.97 Å². The lowest BCUT2D eigenvalue weighted by Gasteiger charge is -2.04. The monoisotopic (exact) mass is 217 g/mol. The van der Waals surface area contributed by atoms with Crippen LogP contribution in [0.25, 0.3) is 5.69 Å². The van der Waals surface area contributed by atoms with Gasteiger partial charge in [0.15, 0.2) is 0 Å². The number of nitrogens with two attached hydrogens (primary N) is 1. The number of hydrogen-bond donors (Lipinski definition) is 2. The fourth-order valence-electron chi connectivity index (χ4n) is 1.49. The number of rotatable bonds is 2. The third kappa shape index (κ3) is 1.63. The molecule has 1 heterocycles. The molecule has 0 atom stereocenters. The molecule has 16 heavy (non-hydrogen) atoms. The number of hydrogen-bond acceptors (Lipinski definition) is 3. The number of carbonyl (C=O) groups is 1. The molecule has 0 aliphatic rings. The summed E-state index contributed by atoms with van der Waals surface area (Å²) in [6, 6.07) is 7.52. The Balaban J connectivity index is 2.53. The number of aryl methyl sites for hydroxylation is 1. The van der Waals surface area contributed by atoms with Crippen LogP contribution < -0.4 is 5.73 Å². The quantitative estimate of drug-likeness (QED) is 0.797. The second-order valence-electron chi connectivity index (χ2n) is 3.50. The largest absolute Gasteiger partial charge is 0.477 e. The van der Waals surface area contributed by atoms with Gasteiger partial charge in [0.1, 0.15) is 11.4 Å². The highest BCUT2D eigenvalue weighted by Gasteiger charge is 2.14. The Hall–Kier alpha value is -2.30. The average Bonchev–Trinajstić information content (AvgIpc) is 2.60. The predicted molar refractivity (Wildman–Crippen MR) is 59.7 cm³/mol. The van der Waals surface area contributed by atoms with Gasteiger partial charge in [-0.25, -0.2) is 9.48 Å². The third-order valence-electron chi connectivity index (χ3n) is 2.28. The first-order valence-electron chi connectivity index (χ1n) is 4.73. The highest BCUT2D eigenvalue weighted by molar-refractivity contribution is 5.92. The Bertz CT molecular complexity index is 546. The van der Waals surface area contributed by atoms with Crippen molar-refractivity contribution in [3.05, 3.63) is 41.6 Å². The maximum absolute atomic E-state index is 10.8. The summed E-state index contributed by atoms with van der Waals surface area (Å²) in [4.78, 5) is 10.8. The zero-order valence-corrected chi connectivity index (χ0v) is 8.71. The SMILES string of the molecule is Cc1cccc(-n2ncc(C(=O)O)c2N)c1. The number of nitrogen functional groups attached to an aromatic ring is 1. The smallest absolute Gasteiger partial charge is 0.341 e. The van der Waals surface area contributed by atoms with Crippen LogP contribution in [0.3, 0.4) is 0 Å². The second kappa shape index (κ2) is 3.69. The molecule has 82 valence electrons. The predicted octanol–water partition coefficient (Wildman–Crippen LogP) is 1.46. The van der Waals surface area contributed by atoms with Crippen molar-refractivity contribution < 1.29 is 9.90 Å². The van der Waals surface area contributed by atoms with Gasteiger partial charge < -0.3 is 10.8 Å². The van der Waals surface area contributed by atoms with Crippen molar-refractivity contribution in [1.29, 1.82) is 0 Å². The molecule has 0 fully saturated rings. The van der Waals surface area contributed by atoms with Crippen LogP contribution in [0.15, 0.2) is 30.5 Å². The van der Waals surface area contributed by atoms with Crippen LogP contribution in [0.2, 0.25) is 0 Å². The summed E-state index contributed by atoms with van der Waals surface area (Å²) in [7, 11) is 0. The van der Waals surface area contributed by atoms with Crippen molar-refractivity contribution in [2.45, 2.75) is 6.92 Å². The molecule has 0 radical (unpaired) electrons. The summed E-state index contributed by atoms with van der Waals surface area (Å²) in [5.74, 6) is -0.936. The first kappa shape index (κ1) is 10.2. The first-order chi connectivity index (χ1) is 7.59. The van der Waals surface area contributed by atoms with E-state index in [0.717, 1.165) is 11.3 Å². The molecule has 0 bridgehead atoms. The van der Waals surface area contributed by atoms with E-state index in [-0.39, 0.29) is 11.4 Å².